The minimum absolute atomic E-state index is 0. The van der Waals surface area contributed by atoms with Crippen molar-refractivity contribution < 1.29 is 18.3 Å². The number of aliphatic imine (C=N–C) groups is 1. The van der Waals surface area contributed by atoms with E-state index in [0.29, 0.717) is 23.8 Å². The van der Waals surface area contributed by atoms with Gasteiger partial charge in [-0.25, -0.2) is 17.9 Å². The molecule has 1 aliphatic heterocycles. The predicted molar refractivity (Wildman–Crippen MR) is 143 cm³/mol. The lowest BCUT2D eigenvalue weighted by Gasteiger charge is -2.34. The Kier molecular flexibility index (Phi) is 10.5. The van der Waals surface area contributed by atoms with Crippen molar-refractivity contribution in [3.05, 3.63) is 54.1 Å². The van der Waals surface area contributed by atoms with Gasteiger partial charge < -0.3 is 15.3 Å². The van der Waals surface area contributed by atoms with Gasteiger partial charge in [0.25, 0.3) is 10.0 Å². The molecular formula is C22H30BrClN4O4S2. The van der Waals surface area contributed by atoms with Crippen LogP contribution < -0.4 is 10.0 Å². The summed E-state index contributed by atoms with van der Waals surface area (Å²) in [6.45, 7) is 8.08. The number of carbonyl (C=O) groups is 1. The van der Waals surface area contributed by atoms with Crippen molar-refractivity contribution in [3.63, 3.8) is 0 Å². The van der Waals surface area contributed by atoms with E-state index in [2.05, 4.69) is 28.2 Å². The molecule has 1 heterocycles. The van der Waals surface area contributed by atoms with Gasteiger partial charge in [0, 0.05) is 18.2 Å². The van der Waals surface area contributed by atoms with Crippen LogP contribution in [0.1, 0.15) is 37.7 Å². The van der Waals surface area contributed by atoms with Gasteiger partial charge in [0.1, 0.15) is 4.90 Å². The summed E-state index contributed by atoms with van der Waals surface area (Å²) in [6, 6.07) is 3.43. The summed E-state index contributed by atoms with van der Waals surface area (Å²) in [5.41, 5.74) is -1.21. The largest absolute Gasteiger partial charge is 0.366 e. The Balaban J connectivity index is 0.00000408. The number of carbonyl (C=O) groups excluding carboxylic acids is 1. The minimum Gasteiger partial charge on any atom is -0.366 e. The van der Waals surface area contributed by atoms with Crippen molar-refractivity contribution in [2.75, 3.05) is 18.8 Å². The first-order valence-corrected chi connectivity index (χ1v) is 13.6. The fourth-order valence-corrected chi connectivity index (χ4v) is 6.59. The first kappa shape index (κ1) is 28.7. The van der Waals surface area contributed by atoms with Crippen LogP contribution in [0.5, 0.6) is 0 Å². The van der Waals surface area contributed by atoms with Gasteiger partial charge in [-0.05, 0) is 25.0 Å². The monoisotopic (exact) mass is 592 g/mol. The van der Waals surface area contributed by atoms with Crippen molar-refractivity contribution in [3.8, 4) is 0 Å². The van der Waals surface area contributed by atoms with Gasteiger partial charge in [-0.15, -0.1) is 30.1 Å². The molecule has 0 aromatic heterocycles. The molecule has 1 saturated carbocycles. The smallest absolute Gasteiger partial charge is 0.328 e. The predicted octanol–water partition coefficient (Wildman–Crippen LogP) is 4.16. The third-order valence-corrected chi connectivity index (χ3v) is 8.56. The standard InChI is InChI=1S/C22H29ClN4O4S2.BrH/c1-3-12-24-21-27(13-4-2)22(29,15-32-21)16-10-11-18(23)19(14-16)33(30,31)26-20(28)25-17-8-6-5-7-9-17;/h3-4,10-11,14,17,29H,1-2,5-9,12-13,15H2,(H2,25,26,28);1H. The Labute approximate surface area is 220 Å². The van der Waals surface area contributed by atoms with E-state index in [1.165, 1.54) is 23.9 Å². The third kappa shape index (κ3) is 6.57. The normalized spacial score (nSPS) is 22.2. The van der Waals surface area contributed by atoms with Gasteiger partial charge >= 0.3 is 6.03 Å². The molecule has 0 radical (unpaired) electrons. The fourth-order valence-electron chi connectivity index (χ4n) is 3.95. The number of amides is 2. The number of halogens is 2. The summed E-state index contributed by atoms with van der Waals surface area (Å²) < 4.78 is 28.0. The number of nitrogens with one attached hydrogen (secondary N) is 2. The van der Waals surface area contributed by atoms with Gasteiger partial charge in [-0.2, -0.15) is 0 Å². The van der Waals surface area contributed by atoms with Crippen molar-refractivity contribution in [2.45, 2.75) is 48.8 Å². The van der Waals surface area contributed by atoms with Crippen molar-refractivity contribution in [1.29, 1.82) is 0 Å². The van der Waals surface area contributed by atoms with Gasteiger partial charge in [0.05, 0.1) is 17.3 Å². The van der Waals surface area contributed by atoms with E-state index in [0.717, 1.165) is 32.1 Å². The van der Waals surface area contributed by atoms with Crippen molar-refractivity contribution >= 4 is 61.6 Å². The van der Waals surface area contributed by atoms with Crippen molar-refractivity contribution in [2.24, 2.45) is 4.99 Å². The zero-order valence-corrected chi connectivity index (χ0v) is 22.8. The number of rotatable bonds is 8. The van der Waals surface area contributed by atoms with Crippen LogP contribution in [-0.4, -0.2) is 54.5 Å². The molecule has 0 spiro atoms. The molecule has 1 saturated heterocycles. The minimum atomic E-state index is -4.27. The molecule has 1 aromatic rings. The maximum atomic E-state index is 13.0. The Morgan fingerprint density at radius 2 is 2.00 bits per heavy atom. The Hall–Kier alpha value is -1.53. The van der Waals surface area contributed by atoms with E-state index in [1.54, 1.807) is 23.1 Å². The summed E-state index contributed by atoms with van der Waals surface area (Å²) in [5.74, 6) is 0.230. The van der Waals surface area contributed by atoms with Crippen LogP contribution in [0.25, 0.3) is 0 Å². The highest BCUT2D eigenvalue weighted by atomic mass is 79.9. The van der Waals surface area contributed by atoms with E-state index >= 15 is 0 Å². The molecule has 34 heavy (non-hydrogen) atoms. The average molecular weight is 594 g/mol. The van der Waals surface area contributed by atoms with Crippen LogP contribution in [0.2, 0.25) is 5.02 Å². The molecule has 188 valence electrons. The quantitative estimate of drug-likeness (QED) is 0.391. The topological polar surface area (TPSA) is 111 Å². The summed E-state index contributed by atoms with van der Waals surface area (Å²) in [5, 5.41) is 14.8. The Morgan fingerprint density at radius 3 is 2.65 bits per heavy atom. The van der Waals surface area contributed by atoms with Crippen LogP contribution in [0.3, 0.4) is 0 Å². The number of hydrogen-bond donors (Lipinski definition) is 3. The maximum absolute atomic E-state index is 13.0. The lowest BCUT2D eigenvalue weighted by Crippen LogP contribution is -2.46. The van der Waals surface area contributed by atoms with Crippen LogP contribution in [0.15, 0.2) is 53.4 Å². The molecule has 1 aromatic carbocycles. The molecule has 8 nitrogen and oxygen atoms in total. The summed E-state index contributed by atoms with van der Waals surface area (Å²) in [6.07, 6.45) is 8.04. The number of urea groups is 1. The highest BCUT2D eigenvalue weighted by Crippen LogP contribution is 2.40. The van der Waals surface area contributed by atoms with Crippen LogP contribution in [0.4, 0.5) is 4.79 Å². The number of sulfonamides is 1. The van der Waals surface area contributed by atoms with E-state index in [1.807, 2.05) is 0 Å². The molecule has 2 aliphatic rings. The first-order valence-electron chi connectivity index (χ1n) is 10.7. The number of aliphatic hydroxyl groups is 1. The van der Waals surface area contributed by atoms with Crippen LogP contribution >= 0.6 is 40.3 Å². The molecule has 1 unspecified atom stereocenters. The average Bonchev–Trinajstić information content (AvgIpc) is 3.09. The molecule has 2 amide bonds. The number of hydrogen-bond acceptors (Lipinski definition) is 6. The summed E-state index contributed by atoms with van der Waals surface area (Å²) in [7, 11) is -4.27. The van der Waals surface area contributed by atoms with E-state index in [9.17, 15) is 18.3 Å². The highest BCUT2D eigenvalue weighted by Gasteiger charge is 2.44. The SMILES string of the molecule is Br.C=CCN=C1SCC(O)(c2ccc(Cl)c(S(=O)(=O)NC(=O)NC3CCCCC3)c2)N1CC=C. The molecule has 3 N–H and O–H groups in total. The van der Waals surface area contributed by atoms with Crippen molar-refractivity contribution in [1.82, 2.24) is 14.9 Å². The van der Waals surface area contributed by atoms with Gasteiger partial charge in [0.2, 0.25) is 0 Å². The fraction of sp³-hybridized carbons (Fsp3) is 0.455. The zero-order valence-electron chi connectivity index (χ0n) is 18.7. The third-order valence-electron chi connectivity index (χ3n) is 5.60. The molecule has 2 fully saturated rings. The zero-order chi connectivity index (χ0) is 24.1. The molecule has 3 rings (SSSR count). The summed E-state index contributed by atoms with van der Waals surface area (Å²) >= 11 is 7.55. The molecule has 0 bridgehead atoms. The lowest BCUT2D eigenvalue weighted by molar-refractivity contribution is -0.0424. The first-order chi connectivity index (χ1) is 15.7. The Morgan fingerprint density at radius 1 is 1.29 bits per heavy atom. The second kappa shape index (κ2) is 12.4. The molecule has 12 heteroatoms. The molecular weight excluding hydrogens is 564 g/mol. The number of amidine groups is 1. The van der Waals surface area contributed by atoms with Crippen LogP contribution in [-0.2, 0) is 15.7 Å². The number of nitrogens with zero attached hydrogens (tertiary/aromatic N) is 2. The number of benzene rings is 1. The second-order valence-corrected chi connectivity index (χ2v) is 11.0. The van der Waals surface area contributed by atoms with Crippen LogP contribution in [0, 0.1) is 0 Å². The second-order valence-electron chi connectivity index (χ2n) is 7.98. The van der Waals surface area contributed by atoms with Gasteiger partial charge in [-0.1, -0.05) is 60.8 Å². The van der Waals surface area contributed by atoms with E-state index in [-0.39, 0.29) is 38.7 Å². The Bertz CT molecular complexity index is 1050. The van der Waals surface area contributed by atoms with E-state index in [4.69, 9.17) is 11.6 Å². The molecule has 1 atom stereocenters. The number of thioether (sulfide) groups is 1. The highest BCUT2D eigenvalue weighted by molar-refractivity contribution is 8.93. The summed E-state index contributed by atoms with van der Waals surface area (Å²) in [4.78, 5) is 18.1. The van der Waals surface area contributed by atoms with Gasteiger partial charge in [0.15, 0.2) is 10.9 Å². The maximum Gasteiger partial charge on any atom is 0.328 e. The molecule has 1 aliphatic carbocycles. The van der Waals surface area contributed by atoms with Gasteiger partial charge in [-0.3, -0.25) is 4.99 Å². The lowest BCUT2D eigenvalue weighted by atomic mass is 9.96. The van der Waals surface area contributed by atoms with E-state index < -0.39 is 21.8 Å².